The van der Waals surface area contributed by atoms with Crippen molar-refractivity contribution in [2.24, 2.45) is 0 Å². The third-order valence-corrected chi connectivity index (χ3v) is 4.65. The fourth-order valence-corrected chi connectivity index (χ4v) is 3.12. The topological polar surface area (TPSA) is 112 Å². The van der Waals surface area contributed by atoms with Crippen LogP contribution in [-0.2, 0) is 6.18 Å². The van der Waals surface area contributed by atoms with E-state index in [0.717, 1.165) is 6.07 Å². The van der Waals surface area contributed by atoms with E-state index in [4.69, 9.17) is 0 Å². The van der Waals surface area contributed by atoms with Crippen LogP contribution < -0.4 is 4.90 Å². The average molecular weight is 467 g/mol. The highest BCUT2D eigenvalue weighted by molar-refractivity contribution is 5.70. The molecule has 5 rings (SSSR count). The first kappa shape index (κ1) is 21.2. The molecule has 5 aromatic rings. The monoisotopic (exact) mass is 467 g/mol. The molecular weight excluding hydrogens is 454 g/mol. The third kappa shape index (κ3) is 4.18. The summed E-state index contributed by atoms with van der Waals surface area (Å²) >= 11 is 0. The number of hydrogen-bond acceptors (Lipinski definition) is 7. The fraction of sp³-hybridized carbons (Fsp3) is 0.0476. The quantitative estimate of drug-likeness (QED) is 0.361. The van der Waals surface area contributed by atoms with Crippen molar-refractivity contribution in [3.05, 3.63) is 78.6 Å². The SMILES string of the molecule is Fc1cc(-c2ccnc(N(c3ccccc3)c3nccc(-c4cc(C(F)(F)F)[nH]n4)n3)n2)n[nH]1. The van der Waals surface area contributed by atoms with Gasteiger partial charge >= 0.3 is 6.18 Å². The van der Waals surface area contributed by atoms with Crippen molar-refractivity contribution in [3.8, 4) is 22.8 Å². The van der Waals surface area contributed by atoms with Crippen LogP contribution in [-0.4, -0.2) is 40.3 Å². The molecule has 0 spiro atoms. The van der Waals surface area contributed by atoms with Crippen molar-refractivity contribution in [1.82, 2.24) is 40.3 Å². The minimum Gasteiger partial charge on any atom is -0.273 e. The van der Waals surface area contributed by atoms with Crippen molar-refractivity contribution in [3.63, 3.8) is 0 Å². The Kier molecular flexibility index (Phi) is 5.20. The van der Waals surface area contributed by atoms with Crippen LogP contribution in [0.1, 0.15) is 5.69 Å². The number of H-pyrrole nitrogens is 2. The molecule has 0 unspecified atom stereocenters. The largest absolute Gasteiger partial charge is 0.432 e. The summed E-state index contributed by atoms with van der Waals surface area (Å²) in [5.41, 5.74) is 0.339. The van der Waals surface area contributed by atoms with Crippen molar-refractivity contribution < 1.29 is 17.6 Å². The number of aromatic nitrogens is 8. The number of para-hydroxylation sites is 1. The molecule has 0 aliphatic rings. The molecule has 0 radical (unpaired) electrons. The maximum Gasteiger partial charge on any atom is 0.432 e. The summed E-state index contributed by atoms with van der Waals surface area (Å²) in [6.07, 6.45) is -1.72. The van der Waals surface area contributed by atoms with Gasteiger partial charge in [-0.1, -0.05) is 18.2 Å². The smallest absolute Gasteiger partial charge is 0.273 e. The maximum absolute atomic E-state index is 13.4. The molecule has 0 aliphatic carbocycles. The van der Waals surface area contributed by atoms with E-state index in [1.165, 1.54) is 29.4 Å². The van der Waals surface area contributed by atoms with E-state index in [1.807, 2.05) is 11.2 Å². The van der Waals surface area contributed by atoms with Crippen LogP contribution in [0.15, 0.2) is 67.0 Å². The number of aromatic amines is 2. The van der Waals surface area contributed by atoms with Gasteiger partial charge in [-0.25, -0.2) is 24.8 Å². The first-order chi connectivity index (χ1) is 16.4. The maximum atomic E-state index is 13.4. The first-order valence-corrected chi connectivity index (χ1v) is 9.74. The van der Waals surface area contributed by atoms with Crippen LogP contribution in [0.3, 0.4) is 0 Å². The van der Waals surface area contributed by atoms with Gasteiger partial charge in [-0.3, -0.25) is 10.2 Å². The average Bonchev–Trinajstić information content (AvgIpc) is 3.50. The molecule has 4 heterocycles. The van der Waals surface area contributed by atoms with Crippen molar-refractivity contribution in [2.45, 2.75) is 6.18 Å². The van der Waals surface area contributed by atoms with E-state index < -0.39 is 17.8 Å². The van der Waals surface area contributed by atoms with Crippen LogP contribution in [0.2, 0.25) is 0 Å². The second kappa shape index (κ2) is 8.35. The number of nitrogens with zero attached hydrogens (tertiary/aromatic N) is 7. The van der Waals surface area contributed by atoms with Crippen LogP contribution in [0.4, 0.5) is 35.1 Å². The third-order valence-electron chi connectivity index (χ3n) is 4.65. The molecule has 9 nitrogen and oxygen atoms in total. The number of benzene rings is 1. The lowest BCUT2D eigenvalue weighted by atomic mass is 10.2. The normalized spacial score (nSPS) is 11.5. The molecule has 0 aliphatic heterocycles. The van der Waals surface area contributed by atoms with Gasteiger partial charge in [-0.2, -0.15) is 27.8 Å². The summed E-state index contributed by atoms with van der Waals surface area (Å²) in [7, 11) is 0. The Morgan fingerprint density at radius 1 is 0.706 bits per heavy atom. The van der Waals surface area contributed by atoms with Gasteiger partial charge in [0.25, 0.3) is 0 Å². The van der Waals surface area contributed by atoms with E-state index >= 15 is 0 Å². The summed E-state index contributed by atoms with van der Waals surface area (Å²) in [5, 5.41) is 11.8. The van der Waals surface area contributed by atoms with E-state index in [9.17, 15) is 17.6 Å². The number of hydrogen-bond donors (Lipinski definition) is 2. The molecule has 1 aromatic carbocycles. The lowest BCUT2D eigenvalue weighted by Gasteiger charge is -2.21. The zero-order chi connectivity index (χ0) is 23.7. The number of alkyl halides is 3. The highest BCUT2D eigenvalue weighted by atomic mass is 19.4. The van der Waals surface area contributed by atoms with E-state index in [-0.39, 0.29) is 29.0 Å². The minimum absolute atomic E-state index is 0.00865. The van der Waals surface area contributed by atoms with E-state index in [2.05, 4.69) is 35.2 Å². The zero-order valence-electron chi connectivity index (χ0n) is 17.0. The molecule has 13 heteroatoms. The first-order valence-electron chi connectivity index (χ1n) is 9.74. The molecule has 0 atom stereocenters. The summed E-state index contributed by atoms with van der Waals surface area (Å²) in [5.74, 6) is -0.392. The van der Waals surface area contributed by atoms with Gasteiger partial charge in [-0.15, -0.1) is 0 Å². The Hall–Kier alpha value is -4.68. The Balaban J connectivity index is 1.60. The Morgan fingerprint density at radius 2 is 1.29 bits per heavy atom. The molecule has 0 amide bonds. The summed E-state index contributed by atoms with van der Waals surface area (Å²) in [4.78, 5) is 18.9. The van der Waals surface area contributed by atoms with Gasteiger partial charge in [0.1, 0.15) is 17.1 Å². The second-order valence-corrected chi connectivity index (χ2v) is 6.92. The number of rotatable bonds is 5. The lowest BCUT2D eigenvalue weighted by molar-refractivity contribution is -0.141. The van der Waals surface area contributed by atoms with Crippen LogP contribution in [0.5, 0.6) is 0 Å². The molecule has 4 aromatic heterocycles. The zero-order valence-corrected chi connectivity index (χ0v) is 17.0. The molecule has 0 saturated heterocycles. The summed E-state index contributed by atoms with van der Waals surface area (Å²) in [6, 6.07) is 13.9. The Labute approximate surface area is 188 Å². The van der Waals surface area contributed by atoms with Gasteiger partial charge in [-0.05, 0) is 30.3 Å². The molecule has 0 fully saturated rings. The molecule has 0 saturated carbocycles. The lowest BCUT2D eigenvalue weighted by Crippen LogP contribution is -2.16. The fourth-order valence-electron chi connectivity index (χ4n) is 3.12. The van der Waals surface area contributed by atoms with Gasteiger partial charge in [0.05, 0.1) is 17.1 Å². The number of nitrogens with one attached hydrogen (secondary N) is 2. The van der Waals surface area contributed by atoms with Crippen molar-refractivity contribution in [1.29, 1.82) is 0 Å². The highest BCUT2D eigenvalue weighted by Gasteiger charge is 2.33. The van der Waals surface area contributed by atoms with Gasteiger partial charge in [0.15, 0.2) is 0 Å². The second-order valence-electron chi connectivity index (χ2n) is 6.92. The summed E-state index contributed by atoms with van der Waals surface area (Å²) < 4.78 is 52.4. The standard InChI is InChI=1S/C21H13F4N9/c22-18-11-16(31-33-18)14-7-9-27-20(29-14)34(12-4-2-1-3-5-12)19-26-8-6-13(28-19)15-10-17(32-30-15)21(23,24)25/h1-11H,(H,30,32)(H,31,33). The van der Waals surface area contributed by atoms with Crippen molar-refractivity contribution in [2.75, 3.05) is 4.90 Å². The molecule has 170 valence electrons. The van der Waals surface area contributed by atoms with Crippen LogP contribution in [0, 0.1) is 5.95 Å². The predicted molar refractivity (Wildman–Crippen MR) is 112 cm³/mol. The molecule has 2 N–H and O–H groups in total. The Bertz CT molecular complexity index is 1430. The molecule has 0 bridgehead atoms. The van der Waals surface area contributed by atoms with Crippen LogP contribution >= 0.6 is 0 Å². The van der Waals surface area contributed by atoms with E-state index in [0.29, 0.717) is 11.4 Å². The Morgan fingerprint density at radius 3 is 1.82 bits per heavy atom. The molecular formula is C21H13F4N9. The molecule has 34 heavy (non-hydrogen) atoms. The van der Waals surface area contributed by atoms with Gasteiger partial charge < -0.3 is 0 Å². The van der Waals surface area contributed by atoms with Crippen molar-refractivity contribution >= 4 is 17.6 Å². The number of anilines is 3. The summed E-state index contributed by atoms with van der Waals surface area (Å²) in [6.45, 7) is 0. The predicted octanol–water partition coefficient (Wildman–Crippen LogP) is 4.67. The van der Waals surface area contributed by atoms with Crippen LogP contribution in [0.25, 0.3) is 22.8 Å². The van der Waals surface area contributed by atoms with Gasteiger partial charge in [0, 0.05) is 18.5 Å². The van der Waals surface area contributed by atoms with E-state index in [1.54, 1.807) is 30.3 Å². The minimum atomic E-state index is -4.57. The number of halogens is 4. The highest BCUT2D eigenvalue weighted by Crippen LogP contribution is 2.33. The van der Waals surface area contributed by atoms with Gasteiger partial charge in [0.2, 0.25) is 17.8 Å².